The van der Waals surface area contributed by atoms with Gasteiger partial charge in [0.05, 0.1) is 6.61 Å². The van der Waals surface area contributed by atoms with Gasteiger partial charge in [0.2, 0.25) is 0 Å². The highest BCUT2D eigenvalue weighted by Crippen LogP contribution is 2.36. The van der Waals surface area contributed by atoms with Crippen LogP contribution >= 0.6 is 7.82 Å². The van der Waals surface area contributed by atoms with E-state index in [2.05, 4.69) is 67.0 Å². The zero-order valence-corrected chi connectivity index (χ0v) is 33.4. The fourth-order valence-electron chi connectivity index (χ4n) is 5.48. The first kappa shape index (κ1) is 49.0. The first-order valence-corrected chi connectivity index (χ1v) is 22.0. The number of hydrogen-bond donors (Lipinski definition) is 2. The third-order valence-electron chi connectivity index (χ3n) is 8.57. The molecular formula is C42H75O8P. The molecule has 0 aromatic carbocycles. The van der Waals surface area contributed by atoms with Gasteiger partial charge in [0.15, 0.2) is 6.10 Å². The number of phosphoric ester groups is 1. The fraction of sp³-hybridized carbons (Fsp3) is 0.762. The summed E-state index contributed by atoms with van der Waals surface area (Å²) in [5.74, 6) is -0.906. The Morgan fingerprint density at radius 2 is 0.902 bits per heavy atom. The van der Waals surface area contributed by atoms with Crippen LogP contribution in [0.1, 0.15) is 187 Å². The topological polar surface area (TPSA) is 119 Å². The van der Waals surface area contributed by atoms with E-state index in [1.54, 1.807) is 0 Å². The Balaban J connectivity index is 3.94. The lowest BCUT2D eigenvalue weighted by atomic mass is 10.1. The molecule has 296 valence electrons. The summed E-state index contributed by atoms with van der Waals surface area (Å²) in [6.45, 7) is 3.60. The third-order valence-corrected chi connectivity index (χ3v) is 9.06. The number of hydrogen-bond acceptors (Lipinski definition) is 6. The standard InChI is InChI=1S/C42H75O8P/c1-3-5-7-9-11-13-15-17-19-20-21-22-23-25-26-28-30-32-34-36-41(43)48-38-40(39-49-51(45,46)47)50-42(44)37-35-33-31-29-27-24-18-16-14-12-10-8-6-4-2/h10-13,16-19,40H,3-9,14-15,20-39H2,1-2H3,(H2,45,46,47)/b12-10+,13-11+,18-16+,19-17+/t40-/m1/s1. The van der Waals surface area contributed by atoms with Crippen molar-refractivity contribution < 1.29 is 37.9 Å². The van der Waals surface area contributed by atoms with E-state index in [-0.39, 0.29) is 19.4 Å². The summed E-state index contributed by atoms with van der Waals surface area (Å²) in [6, 6.07) is 0. The number of esters is 2. The van der Waals surface area contributed by atoms with Gasteiger partial charge in [-0.3, -0.25) is 14.1 Å². The van der Waals surface area contributed by atoms with Gasteiger partial charge < -0.3 is 19.3 Å². The molecule has 0 amide bonds. The van der Waals surface area contributed by atoms with Gasteiger partial charge in [-0.15, -0.1) is 0 Å². The molecule has 0 unspecified atom stereocenters. The minimum Gasteiger partial charge on any atom is -0.462 e. The van der Waals surface area contributed by atoms with Gasteiger partial charge in [-0.1, -0.05) is 152 Å². The predicted molar refractivity (Wildman–Crippen MR) is 211 cm³/mol. The second-order valence-electron chi connectivity index (χ2n) is 13.6. The Morgan fingerprint density at radius 3 is 1.35 bits per heavy atom. The average molecular weight is 739 g/mol. The first-order chi connectivity index (χ1) is 24.8. The quantitative estimate of drug-likeness (QED) is 0.0280. The van der Waals surface area contributed by atoms with Gasteiger partial charge in [-0.25, -0.2) is 4.57 Å². The van der Waals surface area contributed by atoms with Crippen molar-refractivity contribution >= 4 is 19.8 Å². The van der Waals surface area contributed by atoms with Crippen molar-refractivity contribution in [2.45, 2.75) is 193 Å². The van der Waals surface area contributed by atoms with Crippen molar-refractivity contribution in [2.75, 3.05) is 13.2 Å². The number of allylic oxidation sites excluding steroid dienone is 8. The highest BCUT2D eigenvalue weighted by Gasteiger charge is 2.22. The van der Waals surface area contributed by atoms with Crippen LogP contribution in [0, 0.1) is 0 Å². The minimum absolute atomic E-state index is 0.194. The SMILES string of the molecule is CCCC/C=C/C/C=C/CCCCCCCC(=O)O[C@H](COC(=O)CCCCCCCCCCC/C=C/C/C=C/CCCCC)COP(=O)(O)O. The van der Waals surface area contributed by atoms with Crippen LogP contribution in [-0.4, -0.2) is 41.0 Å². The summed E-state index contributed by atoms with van der Waals surface area (Å²) < 4.78 is 26.3. The van der Waals surface area contributed by atoms with Gasteiger partial charge in [0.1, 0.15) is 6.61 Å². The van der Waals surface area contributed by atoms with Crippen molar-refractivity contribution in [3.63, 3.8) is 0 Å². The molecule has 0 aromatic rings. The van der Waals surface area contributed by atoms with Crippen LogP contribution < -0.4 is 0 Å². The van der Waals surface area contributed by atoms with E-state index in [0.29, 0.717) is 6.42 Å². The van der Waals surface area contributed by atoms with Crippen LogP contribution in [0.15, 0.2) is 48.6 Å². The van der Waals surface area contributed by atoms with Crippen molar-refractivity contribution in [1.29, 1.82) is 0 Å². The molecule has 0 bridgehead atoms. The maximum atomic E-state index is 12.4. The maximum Gasteiger partial charge on any atom is 0.469 e. The van der Waals surface area contributed by atoms with E-state index >= 15 is 0 Å². The van der Waals surface area contributed by atoms with Crippen LogP contribution in [0.3, 0.4) is 0 Å². The maximum absolute atomic E-state index is 12.4. The second kappa shape index (κ2) is 37.8. The Kier molecular flexibility index (Phi) is 36.3. The van der Waals surface area contributed by atoms with Gasteiger partial charge in [-0.2, -0.15) is 0 Å². The van der Waals surface area contributed by atoms with Gasteiger partial charge in [0.25, 0.3) is 0 Å². The Hall–Kier alpha value is -1.99. The molecule has 0 aliphatic rings. The molecule has 51 heavy (non-hydrogen) atoms. The zero-order valence-electron chi connectivity index (χ0n) is 32.5. The van der Waals surface area contributed by atoms with E-state index in [9.17, 15) is 14.2 Å². The molecule has 2 N–H and O–H groups in total. The molecule has 0 aliphatic carbocycles. The molecule has 0 saturated carbocycles. The highest BCUT2D eigenvalue weighted by atomic mass is 31.2. The molecule has 0 radical (unpaired) electrons. The molecule has 8 nitrogen and oxygen atoms in total. The van der Waals surface area contributed by atoms with Crippen LogP contribution in [0.5, 0.6) is 0 Å². The van der Waals surface area contributed by atoms with E-state index in [1.807, 2.05) is 0 Å². The summed E-state index contributed by atoms with van der Waals surface area (Å²) >= 11 is 0. The van der Waals surface area contributed by atoms with E-state index in [4.69, 9.17) is 19.3 Å². The zero-order chi connectivity index (χ0) is 37.5. The Bertz CT molecular complexity index is 968. The highest BCUT2D eigenvalue weighted by molar-refractivity contribution is 7.46. The Labute approximate surface area is 312 Å². The summed E-state index contributed by atoms with van der Waals surface area (Å²) in [7, 11) is -4.76. The van der Waals surface area contributed by atoms with Crippen LogP contribution in [0.2, 0.25) is 0 Å². The Morgan fingerprint density at radius 1 is 0.510 bits per heavy atom. The van der Waals surface area contributed by atoms with Crippen LogP contribution in [0.4, 0.5) is 0 Å². The summed E-state index contributed by atoms with van der Waals surface area (Å²) in [5.41, 5.74) is 0. The summed E-state index contributed by atoms with van der Waals surface area (Å²) in [5, 5.41) is 0. The number of carbonyl (C=O) groups excluding carboxylic acids is 2. The number of carbonyl (C=O) groups is 2. The van der Waals surface area contributed by atoms with Crippen molar-refractivity contribution in [1.82, 2.24) is 0 Å². The molecule has 0 fully saturated rings. The predicted octanol–water partition coefficient (Wildman–Crippen LogP) is 12.3. The van der Waals surface area contributed by atoms with Gasteiger partial charge >= 0.3 is 19.8 Å². The van der Waals surface area contributed by atoms with Crippen molar-refractivity contribution in [2.24, 2.45) is 0 Å². The average Bonchev–Trinajstić information content (AvgIpc) is 3.10. The van der Waals surface area contributed by atoms with Crippen molar-refractivity contribution in [3.05, 3.63) is 48.6 Å². The monoisotopic (exact) mass is 739 g/mol. The second-order valence-corrected chi connectivity index (χ2v) is 14.8. The van der Waals surface area contributed by atoms with Crippen molar-refractivity contribution in [3.8, 4) is 0 Å². The molecule has 0 heterocycles. The number of rotatable bonds is 37. The minimum atomic E-state index is -4.76. The lowest BCUT2D eigenvalue weighted by molar-refractivity contribution is -0.161. The number of unbranched alkanes of at least 4 members (excludes halogenated alkanes) is 19. The largest absolute Gasteiger partial charge is 0.469 e. The van der Waals surface area contributed by atoms with E-state index in [1.165, 1.54) is 70.6 Å². The molecule has 0 rings (SSSR count). The van der Waals surface area contributed by atoms with E-state index < -0.39 is 32.5 Å². The fourth-order valence-corrected chi connectivity index (χ4v) is 5.84. The molecule has 0 spiro atoms. The van der Waals surface area contributed by atoms with Crippen LogP contribution in [-0.2, 0) is 28.2 Å². The molecule has 9 heteroatoms. The first-order valence-electron chi connectivity index (χ1n) is 20.4. The van der Waals surface area contributed by atoms with Gasteiger partial charge in [-0.05, 0) is 70.6 Å². The summed E-state index contributed by atoms with van der Waals surface area (Å²) in [4.78, 5) is 42.8. The number of ether oxygens (including phenoxy) is 2. The molecule has 1 atom stereocenters. The summed E-state index contributed by atoms with van der Waals surface area (Å²) in [6.07, 6.45) is 45.4. The molecule has 0 saturated heterocycles. The smallest absolute Gasteiger partial charge is 0.462 e. The number of phosphoric acid groups is 1. The third kappa shape index (κ3) is 40.6. The molecule has 0 aliphatic heterocycles. The molecular weight excluding hydrogens is 663 g/mol. The normalized spacial score (nSPS) is 12.9. The van der Waals surface area contributed by atoms with E-state index in [0.717, 1.165) is 83.5 Å². The lowest BCUT2D eigenvalue weighted by Crippen LogP contribution is -2.29. The molecule has 0 aromatic heterocycles. The lowest BCUT2D eigenvalue weighted by Gasteiger charge is -2.18. The van der Waals surface area contributed by atoms with Gasteiger partial charge in [0, 0.05) is 12.8 Å². The van der Waals surface area contributed by atoms with Crippen LogP contribution in [0.25, 0.3) is 0 Å².